The fourth-order valence-corrected chi connectivity index (χ4v) is 3.67. The smallest absolute Gasteiger partial charge is 0.231 e. The monoisotopic (exact) mass is 272 g/mol. The van der Waals surface area contributed by atoms with Crippen molar-refractivity contribution in [2.45, 2.75) is 12.5 Å². The Labute approximate surface area is 116 Å². The van der Waals surface area contributed by atoms with Crippen LogP contribution in [0.1, 0.15) is 22.0 Å². The van der Waals surface area contributed by atoms with Crippen molar-refractivity contribution in [3.8, 4) is 0 Å². The van der Waals surface area contributed by atoms with Crippen molar-refractivity contribution in [2.24, 2.45) is 5.73 Å². The number of thiophene rings is 1. The Morgan fingerprint density at radius 1 is 1.32 bits per heavy atom. The molecular weight excluding hydrogens is 256 g/mol. The first kappa shape index (κ1) is 12.4. The minimum Gasteiger partial charge on any atom is -0.369 e. The van der Waals surface area contributed by atoms with E-state index in [-0.39, 0.29) is 11.9 Å². The lowest BCUT2D eigenvalue weighted by atomic mass is 9.93. The predicted molar refractivity (Wildman–Crippen MR) is 77.1 cm³/mol. The molecule has 2 N–H and O–H groups in total. The third-order valence-electron chi connectivity index (χ3n) is 3.54. The van der Waals surface area contributed by atoms with Crippen LogP contribution in [-0.4, -0.2) is 23.9 Å². The summed E-state index contributed by atoms with van der Waals surface area (Å²) < 4.78 is 0. The van der Waals surface area contributed by atoms with E-state index < -0.39 is 0 Å². The second-order valence-corrected chi connectivity index (χ2v) is 5.80. The Hall–Kier alpha value is -1.65. The molecule has 1 aromatic carbocycles. The summed E-state index contributed by atoms with van der Waals surface area (Å²) in [6, 6.07) is 12.7. The highest BCUT2D eigenvalue weighted by Gasteiger charge is 2.30. The van der Waals surface area contributed by atoms with Gasteiger partial charge in [-0.05, 0) is 29.0 Å². The summed E-state index contributed by atoms with van der Waals surface area (Å²) in [4.78, 5) is 14.9. The van der Waals surface area contributed by atoms with E-state index in [0.29, 0.717) is 6.54 Å². The fourth-order valence-electron chi connectivity index (χ4n) is 2.76. The minimum atomic E-state index is -0.264. The molecule has 98 valence electrons. The number of nitrogens with two attached hydrogens (primary N) is 1. The van der Waals surface area contributed by atoms with E-state index in [2.05, 4.69) is 28.5 Å². The van der Waals surface area contributed by atoms with Gasteiger partial charge in [0.15, 0.2) is 0 Å². The number of benzene rings is 1. The third-order valence-corrected chi connectivity index (χ3v) is 4.54. The maximum absolute atomic E-state index is 11.3. The van der Waals surface area contributed by atoms with Gasteiger partial charge in [-0.25, -0.2) is 0 Å². The Morgan fingerprint density at radius 3 is 2.84 bits per heavy atom. The average Bonchev–Trinajstić information content (AvgIpc) is 2.87. The largest absolute Gasteiger partial charge is 0.369 e. The zero-order valence-electron chi connectivity index (χ0n) is 10.6. The standard InChI is InChI=1S/C15H16N2OS/c16-14(18)10-17-8-6-13-12(7-9-19-13)15(17)11-4-2-1-3-5-11/h1-5,7,9,15H,6,8,10H2,(H2,16,18)/t15-/m1/s1. The minimum absolute atomic E-state index is 0.156. The van der Waals surface area contributed by atoms with E-state index in [1.165, 1.54) is 16.0 Å². The van der Waals surface area contributed by atoms with Crippen molar-refractivity contribution in [1.82, 2.24) is 4.90 Å². The van der Waals surface area contributed by atoms with Gasteiger partial charge in [-0.3, -0.25) is 9.69 Å². The molecule has 0 fully saturated rings. The Kier molecular flexibility index (Phi) is 3.36. The number of rotatable bonds is 3. The fraction of sp³-hybridized carbons (Fsp3) is 0.267. The number of fused-ring (bicyclic) bond motifs is 1. The lowest BCUT2D eigenvalue weighted by molar-refractivity contribution is -0.119. The van der Waals surface area contributed by atoms with Crippen molar-refractivity contribution in [3.63, 3.8) is 0 Å². The van der Waals surface area contributed by atoms with E-state index in [4.69, 9.17) is 5.73 Å². The molecule has 0 bridgehead atoms. The average molecular weight is 272 g/mol. The van der Waals surface area contributed by atoms with Gasteiger partial charge in [0.05, 0.1) is 12.6 Å². The molecule has 2 aromatic rings. The quantitative estimate of drug-likeness (QED) is 0.931. The molecule has 1 aliphatic rings. The van der Waals surface area contributed by atoms with Crippen molar-refractivity contribution < 1.29 is 4.79 Å². The summed E-state index contributed by atoms with van der Waals surface area (Å²) in [5, 5.41) is 2.13. The topological polar surface area (TPSA) is 46.3 Å². The number of carbonyl (C=O) groups is 1. The molecule has 1 atom stereocenters. The van der Waals surface area contributed by atoms with Gasteiger partial charge < -0.3 is 5.73 Å². The molecule has 0 aliphatic carbocycles. The molecule has 1 aliphatic heterocycles. The molecule has 0 spiro atoms. The molecule has 0 radical (unpaired) electrons. The molecule has 0 unspecified atom stereocenters. The second-order valence-electron chi connectivity index (χ2n) is 4.80. The van der Waals surface area contributed by atoms with Crippen molar-refractivity contribution in [3.05, 3.63) is 57.8 Å². The lowest BCUT2D eigenvalue weighted by Crippen LogP contribution is -2.40. The second kappa shape index (κ2) is 5.15. The highest BCUT2D eigenvalue weighted by atomic mass is 32.1. The van der Waals surface area contributed by atoms with Crippen molar-refractivity contribution in [2.75, 3.05) is 13.1 Å². The van der Waals surface area contributed by atoms with Crippen LogP contribution in [0.5, 0.6) is 0 Å². The highest BCUT2D eigenvalue weighted by molar-refractivity contribution is 7.10. The van der Waals surface area contributed by atoms with Crippen LogP contribution >= 0.6 is 11.3 Å². The Morgan fingerprint density at radius 2 is 2.11 bits per heavy atom. The molecule has 2 heterocycles. The molecule has 0 saturated heterocycles. The molecule has 4 heteroatoms. The Bertz CT molecular complexity index is 579. The number of hydrogen-bond acceptors (Lipinski definition) is 3. The van der Waals surface area contributed by atoms with E-state index in [1.807, 2.05) is 18.2 Å². The van der Waals surface area contributed by atoms with E-state index in [0.717, 1.165) is 13.0 Å². The summed E-state index contributed by atoms with van der Waals surface area (Å²) in [6.45, 7) is 1.20. The molecular formula is C15H16N2OS. The normalized spacial score (nSPS) is 19.1. The highest BCUT2D eigenvalue weighted by Crippen LogP contribution is 2.37. The van der Waals surface area contributed by atoms with E-state index in [1.54, 1.807) is 11.3 Å². The van der Waals surface area contributed by atoms with E-state index >= 15 is 0 Å². The van der Waals surface area contributed by atoms with Crippen LogP contribution in [0.3, 0.4) is 0 Å². The van der Waals surface area contributed by atoms with Gasteiger partial charge in [0, 0.05) is 11.4 Å². The summed E-state index contributed by atoms with van der Waals surface area (Å²) in [7, 11) is 0. The molecule has 1 aromatic heterocycles. The van der Waals surface area contributed by atoms with Gasteiger partial charge in [-0.15, -0.1) is 11.3 Å². The predicted octanol–water partition coefficient (Wildman–Crippen LogP) is 2.18. The number of nitrogens with zero attached hydrogens (tertiary/aromatic N) is 1. The first-order chi connectivity index (χ1) is 9.25. The molecule has 3 rings (SSSR count). The summed E-state index contributed by atoms with van der Waals surface area (Å²) in [5.74, 6) is -0.264. The van der Waals surface area contributed by atoms with Crippen LogP contribution in [-0.2, 0) is 11.2 Å². The van der Waals surface area contributed by atoms with Gasteiger partial charge in [-0.1, -0.05) is 30.3 Å². The van der Waals surface area contributed by atoms with Crippen LogP contribution in [0.4, 0.5) is 0 Å². The maximum Gasteiger partial charge on any atom is 0.231 e. The number of amides is 1. The number of hydrogen-bond donors (Lipinski definition) is 1. The third kappa shape index (κ3) is 2.41. The molecule has 0 saturated carbocycles. The number of primary amides is 1. The lowest BCUT2D eigenvalue weighted by Gasteiger charge is -2.35. The summed E-state index contributed by atoms with van der Waals surface area (Å²) in [5.41, 5.74) is 7.93. The van der Waals surface area contributed by atoms with Gasteiger partial charge in [0.25, 0.3) is 0 Å². The molecule has 3 nitrogen and oxygen atoms in total. The summed E-state index contributed by atoms with van der Waals surface area (Å²) in [6.07, 6.45) is 1.00. The van der Waals surface area contributed by atoms with Gasteiger partial charge in [-0.2, -0.15) is 0 Å². The maximum atomic E-state index is 11.3. The van der Waals surface area contributed by atoms with Gasteiger partial charge in [0.1, 0.15) is 0 Å². The van der Waals surface area contributed by atoms with Crippen molar-refractivity contribution in [1.29, 1.82) is 0 Å². The van der Waals surface area contributed by atoms with Gasteiger partial charge >= 0.3 is 0 Å². The van der Waals surface area contributed by atoms with Crippen LogP contribution in [0.25, 0.3) is 0 Å². The zero-order chi connectivity index (χ0) is 13.2. The SMILES string of the molecule is NC(=O)CN1CCc2sccc2[C@H]1c1ccccc1. The van der Waals surface area contributed by atoms with Crippen LogP contribution < -0.4 is 5.73 Å². The first-order valence-corrected chi connectivity index (χ1v) is 7.27. The first-order valence-electron chi connectivity index (χ1n) is 6.39. The zero-order valence-corrected chi connectivity index (χ0v) is 11.4. The summed E-state index contributed by atoms with van der Waals surface area (Å²) >= 11 is 1.80. The van der Waals surface area contributed by atoms with Crippen molar-refractivity contribution >= 4 is 17.2 Å². The van der Waals surface area contributed by atoms with Gasteiger partial charge in [0.2, 0.25) is 5.91 Å². The Balaban J connectivity index is 2.02. The van der Waals surface area contributed by atoms with E-state index in [9.17, 15) is 4.79 Å². The van der Waals surface area contributed by atoms with Crippen LogP contribution in [0.2, 0.25) is 0 Å². The molecule has 1 amide bonds. The number of carbonyl (C=O) groups excluding carboxylic acids is 1. The van der Waals surface area contributed by atoms with Crippen LogP contribution in [0, 0.1) is 0 Å². The molecule has 19 heavy (non-hydrogen) atoms. The van der Waals surface area contributed by atoms with Crippen LogP contribution in [0.15, 0.2) is 41.8 Å².